The first-order valence-corrected chi connectivity index (χ1v) is 9.97. The molecule has 0 saturated carbocycles. The molecule has 0 bridgehead atoms. The zero-order valence-corrected chi connectivity index (χ0v) is 16.6. The standard InChI is InChI=1S/C16H13ClFN5O3S2/c1-23-12-7-9(17)10(18)6-8(12)14(15(23)24)21-22-16(27)20-11-4-2-3-5-13(11)28(19,25)26/h2-7H,1H3,(H2,19,25,26)(H2,20,22,27). The number of thiocarbonyl (C=S) groups is 1. The topological polar surface area (TPSA) is 117 Å². The smallest absolute Gasteiger partial charge is 0.279 e. The highest BCUT2D eigenvalue weighted by molar-refractivity contribution is 7.89. The summed E-state index contributed by atoms with van der Waals surface area (Å²) in [7, 11) is -2.48. The third-order valence-corrected chi connectivity index (χ3v) is 5.33. The highest BCUT2D eigenvalue weighted by Gasteiger charge is 2.33. The van der Waals surface area contributed by atoms with Crippen LogP contribution in [0.1, 0.15) is 5.56 Å². The number of primary sulfonamides is 1. The molecule has 1 aliphatic heterocycles. The molecule has 146 valence electrons. The number of sulfonamides is 1. The zero-order chi connectivity index (χ0) is 20.6. The molecule has 0 spiro atoms. The Hall–Kier alpha value is -2.60. The number of fused-ring (bicyclic) bond motifs is 1. The molecule has 1 heterocycles. The van der Waals surface area contributed by atoms with Gasteiger partial charge in [-0.2, -0.15) is 5.10 Å². The number of hydrazone groups is 1. The number of nitrogens with two attached hydrogens (primary N) is 1. The molecular formula is C16H13ClFN5O3S2. The van der Waals surface area contributed by atoms with E-state index in [2.05, 4.69) is 15.8 Å². The summed E-state index contributed by atoms with van der Waals surface area (Å²) < 4.78 is 37.1. The van der Waals surface area contributed by atoms with E-state index >= 15 is 0 Å². The first-order valence-electron chi connectivity index (χ1n) is 7.63. The maximum Gasteiger partial charge on any atom is 0.279 e. The number of nitrogens with zero attached hydrogens (tertiary/aromatic N) is 2. The van der Waals surface area contributed by atoms with Gasteiger partial charge in [0.15, 0.2) is 10.8 Å². The minimum absolute atomic E-state index is 0.0723. The van der Waals surface area contributed by atoms with E-state index in [0.29, 0.717) is 5.69 Å². The Balaban J connectivity index is 1.85. The number of hydrogen-bond donors (Lipinski definition) is 3. The van der Waals surface area contributed by atoms with Crippen molar-refractivity contribution in [3.05, 3.63) is 52.8 Å². The van der Waals surface area contributed by atoms with Crippen LogP contribution in [0.25, 0.3) is 0 Å². The number of amides is 1. The molecule has 0 saturated heterocycles. The van der Waals surface area contributed by atoms with E-state index in [-0.39, 0.29) is 32.0 Å². The van der Waals surface area contributed by atoms with Gasteiger partial charge in [-0.25, -0.2) is 17.9 Å². The van der Waals surface area contributed by atoms with E-state index < -0.39 is 21.7 Å². The summed E-state index contributed by atoms with van der Waals surface area (Å²) in [6.07, 6.45) is 0. The Kier molecular flexibility index (Phi) is 5.35. The van der Waals surface area contributed by atoms with Crippen molar-refractivity contribution in [2.75, 3.05) is 17.3 Å². The van der Waals surface area contributed by atoms with Crippen molar-refractivity contribution in [3.8, 4) is 0 Å². The molecule has 3 rings (SSSR count). The second-order valence-electron chi connectivity index (χ2n) is 5.72. The van der Waals surface area contributed by atoms with Crippen LogP contribution in [0, 0.1) is 5.82 Å². The SMILES string of the molecule is CN1C(=O)C(=NNC(=S)Nc2ccccc2S(N)(=O)=O)c2cc(F)c(Cl)cc21. The number of carbonyl (C=O) groups excluding carboxylic acids is 1. The second kappa shape index (κ2) is 7.43. The zero-order valence-electron chi connectivity index (χ0n) is 14.2. The maximum atomic E-state index is 13.8. The summed E-state index contributed by atoms with van der Waals surface area (Å²) in [5.74, 6) is -1.18. The van der Waals surface area contributed by atoms with Crippen molar-refractivity contribution in [1.29, 1.82) is 0 Å². The summed E-state index contributed by atoms with van der Waals surface area (Å²) >= 11 is 10.8. The van der Waals surface area contributed by atoms with E-state index in [9.17, 15) is 17.6 Å². The summed E-state index contributed by atoms with van der Waals surface area (Å²) in [5, 5.41) is 11.5. The van der Waals surface area contributed by atoms with Gasteiger partial charge >= 0.3 is 0 Å². The number of likely N-dealkylation sites (N-methyl/N-ethyl adjacent to an activating group) is 1. The molecule has 8 nitrogen and oxygen atoms in total. The molecule has 4 N–H and O–H groups in total. The van der Waals surface area contributed by atoms with Crippen LogP contribution in [0.5, 0.6) is 0 Å². The lowest BCUT2D eigenvalue weighted by molar-refractivity contribution is -0.111. The number of carbonyl (C=O) groups is 1. The number of anilines is 2. The molecule has 0 unspecified atom stereocenters. The summed E-state index contributed by atoms with van der Waals surface area (Å²) in [6, 6.07) is 8.29. The molecule has 0 aliphatic carbocycles. The van der Waals surface area contributed by atoms with Crippen LogP contribution in [-0.4, -0.2) is 32.2 Å². The maximum absolute atomic E-state index is 13.8. The van der Waals surface area contributed by atoms with Crippen LogP contribution in [-0.2, 0) is 14.8 Å². The highest BCUT2D eigenvalue weighted by Crippen LogP contribution is 2.32. The Labute approximate surface area is 170 Å². The Morgan fingerprint density at radius 2 is 2.00 bits per heavy atom. The largest absolute Gasteiger partial charge is 0.330 e. The molecule has 2 aromatic rings. The molecule has 12 heteroatoms. The molecule has 28 heavy (non-hydrogen) atoms. The summed E-state index contributed by atoms with van der Waals surface area (Å²) in [5.41, 5.74) is 3.15. The van der Waals surface area contributed by atoms with Crippen LogP contribution in [0.15, 0.2) is 46.4 Å². The molecule has 1 aliphatic rings. The van der Waals surface area contributed by atoms with Crippen LogP contribution in [0.4, 0.5) is 15.8 Å². The first-order chi connectivity index (χ1) is 13.1. The van der Waals surface area contributed by atoms with Crippen molar-refractivity contribution < 1.29 is 17.6 Å². The fraction of sp³-hybridized carbons (Fsp3) is 0.0625. The molecule has 0 aromatic heterocycles. The highest BCUT2D eigenvalue weighted by atomic mass is 35.5. The molecule has 2 aromatic carbocycles. The quantitative estimate of drug-likeness (QED) is 0.494. The third-order valence-electron chi connectivity index (χ3n) is 3.87. The van der Waals surface area contributed by atoms with E-state index in [1.165, 1.54) is 36.2 Å². The van der Waals surface area contributed by atoms with Crippen molar-refractivity contribution in [3.63, 3.8) is 0 Å². The van der Waals surface area contributed by atoms with E-state index in [0.717, 1.165) is 6.07 Å². The van der Waals surface area contributed by atoms with Gasteiger partial charge in [-0.05, 0) is 36.5 Å². The average molecular weight is 442 g/mol. The van der Waals surface area contributed by atoms with Crippen molar-refractivity contribution in [2.45, 2.75) is 4.90 Å². The molecule has 0 atom stereocenters. The predicted molar refractivity (Wildman–Crippen MR) is 109 cm³/mol. The molecule has 0 radical (unpaired) electrons. The Morgan fingerprint density at radius 3 is 2.68 bits per heavy atom. The predicted octanol–water partition coefficient (Wildman–Crippen LogP) is 1.79. The third kappa shape index (κ3) is 3.83. The van der Waals surface area contributed by atoms with Gasteiger partial charge in [-0.3, -0.25) is 10.2 Å². The van der Waals surface area contributed by atoms with E-state index in [1.807, 2.05) is 0 Å². The number of rotatable bonds is 3. The van der Waals surface area contributed by atoms with Crippen LogP contribution in [0.2, 0.25) is 5.02 Å². The van der Waals surface area contributed by atoms with Crippen LogP contribution in [0.3, 0.4) is 0 Å². The lowest BCUT2D eigenvalue weighted by Gasteiger charge is -2.11. The van der Waals surface area contributed by atoms with Crippen molar-refractivity contribution >= 4 is 61.9 Å². The fourth-order valence-corrected chi connectivity index (χ4v) is 3.58. The number of nitrogens with one attached hydrogen (secondary N) is 2. The second-order valence-corrected chi connectivity index (χ2v) is 8.06. The first kappa shape index (κ1) is 20.1. The number of benzene rings is 2. The van der Waals surface area contributed by atoms with Crippen molar-refractivity contribution in [1.82, 2.24) is 5.43 Å². The van der Waals surface area contributed by atoms with Gasteiger partial charge in [0.05, 0.1) is 16.4 Å². The van der Waals surface area contributed by atoms with Crippen molar-refractivity contribution in [2.24, 2.45) is 10.2 Å². The van der Waals surface area contributed by atoms with Gasteiger partial charge in [0, 0.05) is 12.6 Å². The van der Waals surface area contributed by atoms with Gasteiger partial charge in [0.2, 0.25) is 10.0 Å². The number of halogens is 2. The van der Waals surface area contributed by atoms with Gasteiger partial charge < -0.3 is 10.2 Å². The molecule has 1 amide bonds. The minimum Gasteiger partial charge on any atom is -0.330 e. The summed E-state index contributed by atoms with van der Waals surface area (Å²) in [6.45, 7) is 0. The molecular weight excluding hydrogens is 429 g/mol. The van der Waals surface area contributed by atoms with Crippen LogP contribution < -0.4 is 20.8 Å². The minimum atomic E-state index is -3.98. The monoisotopic (exact) mass is 441 g/mol. The summed E-state index contributed by atoms with van der Waals surface area (Å²) in [4.78, 5) is 13.5. The lowest BCUT2D eigenvalue weighted by atomic mass is 10.1. The van der Waals surface area contributed by atoms with Gasteiger partial charge in [0.25, 0.3) is 5.91 Å². The fourth-order valence-electron chi connectivity index (χ4n) is 2.57. The number of para-hydroxylation sites is 1. The molecule has 0 fully saturated rings. The Bertz CT molecular complexity index is 1140. The lowest BCUT2D eigenvalue weighted by Crippen LogP contribution is -2.30. The van der Waals surface area contributed by atoms with Gasteiger partial charge in [-0.15, -0.1) is 0 Å². The van der Waals surface area contributed by atoms with Crippen LogP contribution >= 0.6 is 23.8 Å². The average Bonchev–Trinajstić information content (AvgIpc) is 2.84. The van der Waals surface area contributed by atoms with Gasteiger partial charge in [0.1, 0.15) is 10.7 Å². The van der Waals surface area contributed by atoms with E-state index in [1.54, 1.807) is 6.07 Å². The van der Waals surface area contributed by atoms with Gasteiger partial charge in [-0.1, -0.05) is 23.7 Å². The normalized spacial score (nSPS) is 14.9. The number of hydrogen-bond acceptors (Lipinski definition) is 5. The van der Waals surface area contributed by atoms with E-state index in [4.69, 9.17) is 29.0 Å². The Morgan fingerprint density at radius 1 is 1.32 bits per heavy atom.